The van der Waals surface area contributed by atoms with Gasteiger partial charge in [0.1, 0.15) is 5.75 Å². The molecule has 1 aliphatic carbocycles. The van der Waals surface area contributed by atoms with E-state index in [2.05, 4.69) is 31.2 Å². The molecule has 194 valence electrons. The normalized spacial score (nSPS) is 17.8. The van der Waals surface area contributed by atoms with Crippen molar-refractivity contribution in [2.75, 3.05) is 20.2 Å². The Kier molecular flexibility index (Phi) is 6.83. The molecule has 37 heavy (non-hydrogen) atoms. The fourth-order valence-electron chi connectivity index (χ4n) is 5.91. The van der Waals surface area contributed by atoms with Crippen molar-refractivity contribution in [2.45, 2.75) is 43.3 Å². The molecule has 1 amide bonds. The van der Waals surface area contributed by atoms with Gasteiger partial charge in [0.15, 0.2) is 4.75 Å². The standard InChI is InChI=1S/C29H32N2O5S/c1-20-16-23(22-8-5-9-26(17-22)36-2)10-11-27(20)21-12-14-31(15-13-21)37(34,35)29(28(32)30-33)18-24-6-3-4-7-25(24)19-29/h3-11,16-17,21,33H,12-15,18-19H2,1-2H3,(H,30,32). The number of hydrogen-bond donors (Lipinski definition) is 2. The molecule has 1 fully saturated rings. The Morgan fingerprint density at radius 1 is 0.973 bits per heavy atom. The monoisotopic (exact) mass is 520 g/mol. The summed E-state index contributed by atoms with van der Waals surface area (Å²) in [6.07, 6.45) is 1.45. The molecule has 2 N–H and O–H groups in total. The van der Waals surface area contributed by atoms with Crippen LogP contribution in [0, 0.1) is 6.92 Å². The number of sulfonamides is 1. The molecule has 3 aromatic carbocycles. The number of ether oxygens (including phenoxy) is 1. The molecule has 5 rings (SSSR count). The minimum Gasteiger partial charge on any atom is -0.497 e. The second-order valence-electron chi connectivity index (χ2n) is 10.0. The van der Waals surface area contributed by atoms with Crippen LogP contribution in [0.25, 0.3) is 11.1 Å². The van der Waals surface area contributed by atoms with Crippen LogP contribution in [0.5, 0.6) is 5.75 Å². The van der Waals surface area contributed by atoms with Gasteiger partial charge in [0.05, 0.1) is 7.11 Å². The Balaban J connectivity index is 1.34. The zero-order chi connectivity index (χ0) is 26.2. The first-order valence-corrected chi connectivity index (χ1v) is 14.0. The number of aryl methyl sites for hydroxylation is 1. The molecular weight excluding hydrogens is 488 g/mol. The number of nitrogens with zero attached hydrogens (tertiary/aromatic N) is 1. The summed E-state index contributed by atoms with van der Waals surface area (Å²) in [6, 6.07) is 21.8. The first kappa shape index (κ1) is 25.4. The highest BCUT2D eigenvalue weighted by atomic mass is 32.2. The van der Waals surface area contributed by atoms with Crippen LogP contribution in [0.1, 0.15) is 41.0 Å². The molecule has 0 saturated carbocycles. The maximum atomic E-state index is 13.9. The molecule has 0 atom stereocenters. The number of fused-ring (bicyclic) bond motifs is 1. The number of methoxy groups -OCH3 is 1. The minimum absolute atomic E-state index is 0.0582. The molecule has 7 nitrogen and oxygen atoms in total. The summed E-state index contributed by atoms with van der Waals surface area (Å²) in [5.41, 5.74) is 7.89. The number of carbonyl (C=O) groups is 1. The van der Waals surface area contributed by atoms with E-state index >= 15 is 0 Å². The van der Waals surface area contributed by atoms with Crippen LogP contribution in [0.2, 0.25) is 0 Å². The summed E-state index contributed by atoms with van der Waals surface area (Å²) >= 11 is 0. The summed E-state index contributed by atoms with van der Waals surface area (Å²) < 4.78 is 32.8. The molecule has 0 bridgehead atoms. The molecule has 3 aromatic rings. The first-order valence-electron chi connectivity index (χ1n) is 12.5. The number of nitrogens with one attached hydrogen (secondary N) is 1. The maximum absolute atomic E-state index is 13.9. The van der Waals surface area contributed by atoms with Crippen molar-refractivity contribution in [2.24, 2.45) is 0 Å². The molecule has 1 aliphatic heterocycles. The number of hydrogen-bond acceptors (Lipinski definition) is 5. The highest BCUT2D eigenvalue weighted by Crippen LogP contribution is 2.41. The Bertz CT molecular complexity index is 1400. The van der Waals surface area contributed by atoms with Gasteiger partial charge in [-0.2, -0.15) is 0 Å². The van der Waals surface area contributed by atoms with Crippen LogP contribution in [-0.2, 0) is 27.7 Å². The van der Waals surface area contributed by atoms with Gasteiger partial charge in [0, 0.05) is 25.9 Å². The van der Waals surface area contributed by atoms with Crippen molar-refractivity contribution in [3.05, 3.63) is 89.0 Å². The van der Waals surface area contributed by atoms with Crippen LogP contribution < -0.4 is 10.2 Å². The summed E-state index contributed by atoms with van der Waals surface area (Å²) in [5.74, 6) is 0.176. The Morgan fingerprint density at radius 2 is 1.62 bits per heavy atom. The lowest BCUT2D eigenvalue weighted by atomic mass is 9.86. The summed E-state index contributed by atoms with van der Waals surface area (Å²) in [6.45, 7) is 2.76. The van der Waals surface area contributed by atoms with Crippen LogP contribution in [0.4, 0.5) is 0 Å². The van der Waals surface area contributed by atoms with E-state index in [-0.39, 0.29) is 18.8 Å². The van der Waals surface area contributed by atoms with Gasteiger partial charge in [-0.1, -0.05) is 54.6 Å². The van der Waals surface area contributed by atoms with E-state index in [0.29, 0.717) is 25.9 Å². The molecule has 0 radical (unpaired) electrons. The van der Waals surface area contributed by atoms with Crippen molar-refractivity contribution in [3.8, 4) is 16.9 Å². The predicted octanol–water partition coefficient (Wildman–Crippen LogP) is 4.22. The van der Waals surface area contributed by atoms with Crippen molar-refractivity contribution < 1.29 is 23.2 Å². The number of benzene rings is 3. The van der Waals surface area contributed by atoms with Crippen molar-refractivity contribution in [1.82, 2.24) is 9.79 Å². The number of carbonyl (C=O) groups excluding carboxylic acids is 1. The molecule has 2 aliphatic rings. The van der Waals surface area contributed by atoms with E-state index < -0.39 is 20.7 Å². The van der Waals surface area contributed by atoms with Gasteiger partial charge >= 0.3 is 0 Å². The lowest BCUT2D eigenvalue weighted by molar-refractivity contribution is -0.131. The van der Waals surface area contributed by atoms with Crippen LogP contribution in [0.15, 0.2) is 66.7 Å². The van der Waals surface area contributed by atoms with Crippen LogP contribution in [-0.4, -0.2) is 48.8 Å². The topological polar surface area (TPSA) is 95.9 Å². The lowest BCUT2D eigenvalue weighted by Crippen LogP contribution is -2.58. The molecule has 1 heterocycles. The average Bonchev–Trinajstić information content (AvgIpc) is 3.34. The summed E-state index contributed by atoms with van der Waals surface area (Å²) in [4.78, 5) is 12.8. The van der Waals surface area contributed by atoms with Crippen molar-refractivity contribution in [1.29, 1.82) is 0 Å². The molecule has 0 aromatic heterocycles. The smallest absolute Gasteiger partial charge is 0.266 e. The number of piperidine rings is 1. The van der Waals surface area contributed by atoms with E-state index in [1.807, 2.05) is 42.5 Å². The quantitative estimate of drug-likeness (QED) is 0.375. The number of amides is 1. The largest absolute Gasteiger partial charge is 0.497 e. The molecule has 8 heteroatoms. The average molecular weight is 521 g/mol. The molecule has 1 saturated heterocycles. The number of hydroxylamine groups is 1. The van der Waals surface area contributed by atoms with Gasteiger partial charge in [-0.05, 0) is 71.2 Å². The Hall–Kier alpha value is -3.20. The molecule has 0 spiro atoms. The van der Waals surface area contributed by atoms with E-state index in [4.69, 9.17) is 4.74 Å². The van der Waals surface area contributed by atoms with Crippen LogP contribution >= 0.6 is 0 Å². The van der Waals surface area contributed by atoms with Gasteiger partial charge in [-0.25, -0.2) is 18.2 Å². The second-order valence-corrected chi connectivity index (χ2v) is 12.3. The molecule has 0 unspecified atom stereocenters. The summed E-state index contributed by atoms with van der Waals surface area (Å²) in [7, 11) is -2.36. The van der Waals surface area contributed by atoms with Crippen molar-refractivity contribution in [3.63, 3.8) is 0 Å². The highest BCUT2D eigenvalue weighted by Gasteiger charge is 2.56. The Labute approximate surface area is 218 Å². The van der Waals surface area contributed by atoms with E-state index in [1.165, 1.54) is 15.4 Å². The predicted molar refractivity (Wildman–Crippen MR) is 142 cm³/mol. The SMILES string of the molecule is COc1cccc(-c2ccc(C3CCN(S(=O)(=O)C4(C(=O)NO)Cc5ccccc5C4)CC3)c(C)c2)c1. The third-order valence-corrected chi connectivity index (χ3v) is 10.5. The first-order chi connectivity index (χ1) is 17.8. The fourth-order valence-corrected chi connectivity index (χ4v) is 8.05. The van der Waals surface area contributed by atoms with E-state index in [9.17, 15) is 18.4 Å². The number of rotatable bonds is 6. The van der Waals surface area contributed by atoms with E-state index in [1.54, 1.807) is 12.6 Å². The summed E-state index contributed by atoms with van der Waals surface area (Å²) in [5, 5.41) is 9.47. The van der Waals surface area contributed by atoms with Gasteiger partial charge in [0.25, 0.3) is 5.91 Å². The zero-order valence-corrected chi connectivity index (χ0v) is 21.9. The van der Waals surface area contributed by atoms with Crippen LogP contribution in [0.3, 0.4) is 0 Å². The van der Waals surface area contributed by atoms with Gasteiger partial charge in [0.2, 0.25) is 10.0 Å². The van der Waals surface area contributed by atoms with Gasteiger partial charge in [-0.3, -0.25) is 10.0 Å². The van der Waals surface area contributed by atoms with Gasteiger partial charge in [-0.15, -0.1) is 0 Å². The highest BCUT2D eigenvalue weighted by molar-refractivity contribution is 7.91. The molecular formula is C29H32N2O5S. The fraction of sp³-hybridized carbons (Fsp3) is 0.345. The lowest BCUT2D eigenvalue weighted by Gasteiger charge is -2.37. The third-order valence-electron chi connectivity index (χ3n) is 7.99. The van der Waals surface area contributed by atoms with E-state index in [0.717, 1.165) is 28.0 Å². The minimum atomic E-state index is -4.02. The zero-order valence-electron chi connectivity index (χ0n) is 21.1. The van der Waals surface area contributed by atoms with Gasteiger partial charge < -0.3 is 4.74 Å². The maximum Gasteiger partial charge on any atom is 0.266 e. The second kappa shape index (κ2) is 9.93. The third kappa shape index (κ3) is 4.43. The van der Waals surface area contributed by atoms with Crippen molar-refractivity contribution >= 4 is 15.9 Å². The Morgan fingerprint density at radius 3 is 2.22 bits per heavy atom.